The quantitative estimate of drug-likeness (QED) is 0.366. The van der Waals surface area contributed by atoms with Crippen LogP contribution in [-0.2, 0) is 22.4 Å². The number of benzene rings is 1. The second-order valence-corrected chi connectivity index (χ2v) is 14.0. The zero-order valence-corrected chi connectivity index (χ0v) is 20.2. The summed E-state index contributed by atoms with van der Waals surface area (Å²) in [7, 11) is -1.77. The van der Waals surface area contributed by atoms with Gasteiger partial charge in [0.2, 0.25) is 0 Å². The topological polar surface area (TPSA) is 64.3 Å². The van der Waals surface area contributed by atoms with Crippen molar-refractivity contribution in [3.8, 4) is 0 Å². The van der Waals surface area contributed by atoms with Gasteiger partial charge in [-0.3, -0.25) is 0 Å². The monoisotopic (exact) mass is 428 g/mol. The summed E-state index contributed by atoms with van der Waals surface area (Å²) in [4.78, 5) is 16.9. The molecule has 0 amide bonds. The average molecular weight is 429 g/mol. The smallest absolute Gasteiger partial charge is 0.332 e. The molecule has 1 N–H and O–H groups in total. The molecule has 164 valence electrons. The lowest BCUT2D eigenvalue weighted by molar-refractivity contribution is -0.132. The third-order valence-electron chi connectivity index (χ3n) is 5.25. The van der Waals surface area contributed by atoms with Crippen molar-refractivity contribution >= 4 is 19.6 Å². The van der Waals surface area contributed by atoms with E-state index in [1.807, 2.05) is 50.4 Å². The molecular formula is C24H36N2O3Si. The Kier molecular flexibility index (Phi) is 8.61. The van der Waals surface area contributed by atoms with E-state index in [0.717, 1.165) is 41.9 Å². The fourth-order valence-corrected chi connectivity index (χ4v) is 5.38. The van der Waals surface area contributed by atoms with Crippen molar-refractivity contribution in [3.05, 3.63) is 59.2 Å². The summed E-state index contributed by atoms with van der Waals surface area (Å²) in [6, 6.07) is 9.74. The Balaban J connectivity index is 2.63. The van der Waals surface area contributed by atoms with Gasteiger partial charge in [0.05, 0.1) is 11.9 Å². The maximum absolute atomic E-state index is 12.2. The minimum atomic E-state index is -1.77. The standard InChI is InChI=1S/C24H36N2O3Si/c1-7-9-15-22-25-17-21(26(22)24(29-8-2)30(4,5)6)18(3)20(23(27)28)16-19-13-11-10-12-14-19/h10-14,17,24H,7-9,15-16H2,1-6H3,(H,27,28)/b20-18+. The number of aliphatic carboxylic acids is 1. The minimum Gasteiger partial charge on any atom is -0.478 e. The zero-order chi connectivity index (χ0) is 22.3. The molecular weight excluding hydrogens is 392 g/mol. The molecule has 0 saturated heterocycles. The molecule has 2 aromatic rings. The van der Waals surface area contributed by atoms with Crippen LogP contribution in [0, 0.1) is 0 Å². The maximum atomic E-state index is 12.2. The number of hydrogen-bond acceptors (Lipinski definition) is 3. The second kappa shape index (κ2) is 10.7. The maximum Gasteiger partial charge on any atom is 0.332 e. The van der Waals surface area contributed by atoms with Crippen LogP contribution in [0.3, 0.4) is 0 Å². The highest BCUT2D eigenvalue weighted by atomic mass is 28.3. The summed E-state index contributed by atoms with van der Waals surface area (Å²) in [6.07, 6.45) is 5.19. The Morgan fingerprint density at radius 2 is 1.87 bits per heavy atom. The van der Waals surface area contributed by atoms with Crippen LogP contribution in [0.15, 0.2) is 42.1 Å². The highest BCUT2D eigenvalue weighted by Gasteiger charge is 2.33. The molecule has 0 fully saturated rings. The number of aromatic nitrogens is 2. The van der Waals surface area contributed by atoms with Crippen LogP contribution in [0.1, 0.15) is 56.5 Å². The SMILES string of the molecule is CCCCc1ncc(/C(C)=C(\Cc2ccccc2)C(=O)O)n1C(OCC)[Si](C)(C)C. The summed E-state index contributed by atoms with van der Waals surface area (Å²) in [6.45, 7) is 13.5. The molecule has 1 aromatic carbocycles. The third kappa shape index (κ3) is 5.92. The number of aryl methyl sites for hydroxylation is 1. The molecule has 0 aliphatic rings. The number of ether oxygens (including phenoxy) is 1. The number of imidazole rings is 1. The number of nitrogens with zero attached hydrogens (tertiary/aromatic N) is 2. The van der Waals surface area contributed by atoms with Crippen molar-refractivity contribution in [2.45, 2.75) is 71.9 Å². The Hall–Kier alpha value is -2.18. The molecule has 0 spiro atoms. The normalized spacial score (nSPS) is 13.8. The third-order valence-corrected chi connectivity index (χ3v) is 7.15. The van der Waals surface area contributed by atoms with Crippen LogP contribution in [0.25, 0.3) is 5.57 Å². The Morgan fingerprint density at radius 3 is 2.40 bits per heavy atom. The highest BCUT2D eigenvalue weighted by Crippen LogP contribution is 2.31. The van der Waals surface area contributed by atoms with E-state index in [1.165, 1.54) is 0 Å². The average Bonchev–Trinajstić information content (AvgIpc) is 3.11. The summed E-state index contributed by atoms with van der Waals surface area (Å²) in [5.41, 5.74) is 2.99. The van der Waals surface area contributed by atoms with Crippen molar-refractivity contribution in [1.82, 2.24) is 9.55 Å². The predicted octanol–water partition coefficient (Wildman–Crippen LogP) is 5.74. The molecule has 1 atom stereocenters. The van der Waals surface area contributed by atoms with Gasteiger partial charge in [-0.2, -0.15) is 0 Å². The molecule has 6 heteroatoms. The van der Waals surface area contributed by atoms with Crippen molar-refractivity contribution in [3.63, 3.8) is 0 Å². The van der Waals surface area contributed by atoms with Gasteiger partial charge in [-0.15, -0.1) is 0 Å². The number of rotatable bonds is 11. The van der Waals surface area contributed by atoms with Gasteiger partial charge >= 0.3 is 5.97 Å². The molecule has 0 aliphatic carbocycles. The number of carboxylic acid groups (broad SMARTS) is 1. The fraction of sp³-hybridized carbons (Fsp3) is 0.500. The lowest BCUT2D eigenvalue weighted by Crippen LogP contribution is -2.39. The van der Waals surface area contributed by atoms with Crippen LogP contribution >= 0.6 is 0 Å². The molecule has 0 aliphatic heterocycles. The molecule has 1 unspecified atom stereocenters. The summed E-state index contributed by atoms with van der Waals surface area (Å²) in [5, 5.41) is 10.00. The molecule has 1 heterocycles. The van der Waals surface area contributed by atoms with Crippen LogP contribution in [-0.4, -0.2) is 35.3 Å². The van der Waals surface area contributed by atoms with Gasteiger partial charge in [0.25, 0.3) is 0 Å². The number of allylic oxidation sites excluding steroid dienone is 1. The lowest BCUT2D eigenvalue weighted by atomic mass is 9.99. The molecule has 1 aromatic heterocycles. The van der Waals surface area contributed by atoms with Crippen molar-refractivity contribution < 1.29 is 14.6 Å². The Morgan fingerprint density at radius 1 is 1.20 bits per heavy atom. The van der Waals surface area contributed by atoms with E-state index in [4.69, 9.17) is 9.72 Å². The molecule has 5 nitrogen and oxygen atoms in total. The number of carbonyl (C=O) groups is 1. The first-order valence-electron chi connectivity index (χ1n) is 10.9. The summed E-state index contributed by atoms with van der Waals surface area (Å²) in [5.74, 6) is 0.00489. The van der Waals surface area contributed by atoms with Crippen molar-refractivity contribution in [2.24, 2.45) is 0 Å². The van der Waals surface area contributed by atoms with Crippen LogP contribution in [0.4, 0.5) is 0 Å². The first kappa shape index (κ1) is 24.1. The van der Waals surface area contributed by atoms with Gasteiger partial charge in [-0.25, -0.2) is 9.78 Å². The van der Waals surface area contributed by atoms with Gasteiger partial charge in [0.1, 0.15) is 19.7 Å². The number of unbranched alkanes of at least 4 members (excludes halogenated alkanes) is 1. The first-order chi connectivity index (χ1) is 14.2. The predicted molar refractivity (Wildman–Crippen MR) is 125 cm³/mol. The van der Waals surface area contributed by atoms with E-state index in [9.17, 15) is 9.90 Å². The molecule has 2 rings (SSSR count). The van der Waals surface area contributed by atoms with E-state index in [0.29, 0.717) is 18.6 Å². The lowest BCUT2D eigenvalue weighted by Gasteiger charge is -2.33. The Labute approximate surface area is 181 Å². The van der Waals surface area contributed by atoms with E-state index in [2.05, 4.69) is 31.1 Å². The second-order valence-electron chi connectivity index (χ2n) is 8.78. The molecule has 30 heavy (non-hydrogen) atoms. The largest absolute Gasteiger partial charge is 0.478 e. The number of carboxylic acids is 1. The molecule has 0 saturated carbocycles. The first-order valence-corrected chi connectivity index (χ1v) is 14.4. The molecule has 0 radical (unpaired) electrons. The van der Waals surface area contributed by atoms with Gasteiger partial charge in [0, 0.05) is 25.0 Å². The van der Waals surface area contributed by atoms with Crippen LogP contribution in [0.5, 0.6) is 0 Å². The summed E-state index contributed by atoms with van der Waals surface area (Å²) >= 11 is 0. The zero-order valence-electron chi connectivity index (χ0n) is 19.2. The van der Waals surface area contributed by atoms with Gasteiger partial charge in [-0.1, -0.05) is 63.3 Å². The van der Waals surface area contributed by atoms with E-state index in [1.54, 1.807) is 0 Å². The Bertz CT molecular complexity index is 866. The van der Waals surface area contributed by atoms with Crippen LogP contribution < -0.4 is 0 Å². The van der Waals surface area contributed by atoms with Crippen LogP contribution in [0.2, 0.25) is 19.6 Å². The van der Waals surface area contributed by atoms with Gasteiger partial charge < -0.3 is 14.4 Å². The highest BCUT2D eigenvalue weighted by molar-refractivity contribution is 6.76. The van der Waals surface area contributed by atoms with Crippen molar-refractivity contribution in [1.29, 1.82) is 0 Å². The van der Waals surface area contributed by atoms with E-state index < -0.39 is 14.0 Å². The fourth-order valence-electron chi connectivity index (χ4n) is 3.65. The van der Waals surface area contributed by atoms with E-state index in [-0.39, 0.29) is 5.85 Å². The minimum absolute atomic E-state index is 0.0893. The molecule has 0 bridgehead atoms. The van der Waals surface area contributed by atoms with Gasteiger partial charge in [0.15, 0.2) is 0 Å². The van der Waals surface area contributed by atoms with E-state index >= 15 is 0 Å². The van der Waals surface area contributed by atoms with Crippen molar-refractivity contribution in [2.75, 3.05) is 6.61 Å². The summed E-state index contributed by atoms with van der Waals surface area (Å²) < 4.78 is 8.42. The number of hydrogen-bond donors (Lipinski definition) is 1. The van der Waals surface area contributed by atoms with Gasteiger partial charge in [-0.05, 0) is 31.4 Å².